The summed E-state index contributed by atoms with van der Waals surface area (Å²) >= 11 is 0. The van der Waals surface area contributed by atoms with Gasteiger partial charge < -0.3 is 38.6 Å². The summed E-state index contributed by atoms with van der Waals surface area (Å²) in [5.74, 6) is 0.900. The number of benzene rings is 1. The minimum absolute atomic E-state index is 0.0000639. The van der Waals surface area contributed by atoms with Crippen molar-refractivity contribution in [3.8, 4) is 17.9 Å². The van der Waals surface area contributed by atoms with E-state index in [0.29, 0.717) is 42.1 Å². The summed E-state index contributed by atoms with van der Waals surface area (Å²) < 4.78 is 36.9. The van der Waals surface area contributed by atoms with Crippen molar-refractivity contribution in [2.45, 2.75) is 147 Å². The highest BCUT2D eigenvalue weighted by molar-refractivity contribution is 7.40. The number of hydrogen-bond donors (Lipinski definition) is 2. The zero-order chi connectivity index (χ0) is 39.9. The number of ether oxygens (including phenoxy) is 4. The summed E-state index contributed by atoms with van der Waals surface area (Å²) in [5, 5.41) is 23.6. The van der Waals surface area contributed by atoms with Gasteiger partial charge in [-0.25, -0.2) is 9.50 Å². The fourth-order valence-corrected chi connectivity index (χ4v) is 7.68. The molecule has 0 radical (unpaired) electrons. The maximum atomic E-state index is 10.7. The lowest BCUT2D eigenvalue weighted by molar-refractivity contribution is -0.0542. The molecule has 3 heterocycles. The molecule has 1 saturated heterocycles. The van der Waals surface area contributed by atoms with Crippen molar-refractivity contribution in [3.63, 3.8) is 0 Å². The normalized spacial score (nSPS) is 17.8. The summed E-state index contributed by atoms with van der Waals surface area (Å²) in [6.45, 7) is 3.14. The van der Waals surface area contributed by atoms with E-state index < -0.39 is 26.4 Å². The van der Waals surface area contributed by atoms with Gasteiger partial charge in [0.1, 0.15) is 35.9 Å². The van der Waals surface area contributed by atoms with E-state index in [0.717, 1.165) is 24.1 Å². The van der Waals surface area contributed by atoms with Crippen molar-refractivity contribution in [1.82, 2.24) is 14.6 Å². The molecule has 13 nitrogen and oxygen atoms in total. The summed E-state index contributed by atoms with van der Waals surface area (Å²) in [7, 11) is -0.801. The van der Waals surface area contributed by atoms with Crippen LogP contribution in [0.25, 0.3) is 5.52 Å². The van der Waals surface area contributed by atoms with Crippen LogP contribution < -0.4 is 10.5 Å². The Hall–Kier alpha value is -3.39. The second kappa shape index (κ2) is 25.8. The molecule has 3 N–H and O–H groups in total. The maximum Gasteiger partial charge on any atom is 0.330 e. The molecule has 56 heavy (non-hydrogen) atoms. The first-order valence-electron chi connectivity index (χ1n) is 20.6. The van der Waals surface area contributed by atoms with Crippen LogP contribution in [-0.2, 0) is 29.9 Å². The van der Waals surface area contributed by atoms with Crippen LogP contribution in [0.5, 0.6) is 5.75 Å². The molecule has 1 aromatic carbocycles. The number of nitrogen functional groups attached to an aromatic ring is 1. The van der Waals surface area contributed by atoms with Gasteiger partial charge in [-0.1, -0.05) is 109 Å². The van der Waals surface area contributed by atoms with Crippen LogP contribution in [0.1, 0.15) is 145 Å². The monoisotopic (exact) mass is 794 g/mol. The van der Waals surface area contributed by atoms with Crippen LogP contribution in [0, 0.1) is 22.7 Å². The van der Waals surface area contributed by atoms with Crippen LogP contribution in [0.3, 0.4) is 0 Å². The van der Waals surface area contributed by atoms with Gasteiger partial charge in [0.2, 0.25) is 0 Å². The number of nitrogens with zero attached hydrogens (tertiary/aromatic N) is 5. The molecule has 1 fully saturated rings. The molecule has 308 valence electrons. The fourth-order valence-electron chi connectivity index (χ4n) is 7.00. The van der Waals surface area contributed by atoms with Crippen LogP contribution >= 0.6 is 8.60 Å². The number of aromatic nitrogens is 3. The zero-order valence-electron chi connectivity index (χ0n) is 33.5. The molecule has 0 amide bonds. The topological polar surface area (TPSA) is 179 Å². The van der Waals surface area contributed by atoms with Crippen LogP contribution in [0.4, 0.5) is 5.82 Å². The minimum atomic E-state index is -2.35. The summed E-state index contributed by atoms with van der Waals surface area (Å²) in [5.41, 5.74) is 7.39. The number of fused-ring (bicyclic) bond motifs is 1. The van der Waals surface area contributed by atoms with Gasteiger partial charge in [-0.15, -0.1) is 0 Å². The molecule has 3 aromatic rings. The van der Waals surface area contributed by atoms with E-state index in [1.54, 1.807) is 29.8 Å². The third-order valence-electron chi connectivity index (χ3n) is 10.3. The van der Waals surface area contributed by atoms with E-state index in [4.69, 9.17) is 33.7 Å². The van der Waals surface area contributed by atoms with Crippen molar-refractivity contribution < 1.29 is 32.9 Å². The number of hydrogen-bond acceptors (Lipinski definition) is 12. The molecule has 4 atom stereocenters. The largest absolute Gasteiger partial charge is 0.496 e. The second-order valence-corrected chi connectivity index (χ2v) is 15.7. The molecule has 4 unspecified atom stereocenters. The second-order valence-electron chi connectivity index (χ2n) is 14.7. The molecule has 0 aliphatic carbocycles. The summed E-state index contributed by atoms with van der Waals surface area (Å²) in [6, 6.07) is 13.2. The zero-order valence-corrected chi connectivity index (χ0v) is 34.4. The maximum absolute atomic E-state index is 10.7. The van der Waals surface area contributed by atoms with Gasteiger partial charge in [-0.05, 0) is 43.5 Å². The van der Waals surface area contributed by atoms with Crippen molar-refractivity contribution in [2.75, 3.05) is 39.3 Å². The Labute approximate surface area is 334 Å². The highest BCUT2D eigenvalue weighted by atomic mass is 31.2. The van der Waals surface area contributed by atoms with E-state index in [1.807, 2.05) is 12.1 Å². The van der Waals surface area contributed by atoms with Crippen LogP contribution in [0.15, 0.2) is 36.7 Å². The molecular formula is C42H63N6O7P. The average molecular weight is 795 g/mol. The van der Waals surface area contributed by atoms with Gasteiger partial charge in [0.25, 0.3) is 0 Å². The Morgan fingerprint density at radius 2 is 1.62 bits per heavy atom. The lowest BCUT2D eigenvalue weighted by Crippen LogP contribution is -2.32. The number of nitrogens with two attached hydrogens (primary N) is 1. The van der Waals surface area contributed by atoms with E-state index >= 15 is 0 Å². The third-order valence-corrected chi connectivity index (χ3v) is 11.1. The van der Waals surface area contributed by atoms with Crippen LogP contribution in [-0.4, -0.2) is 64.7 Å². The van der Waals surface area contributed by atoms with Crippen molar-refractivity contribution in [3.05, 3.63) is 53.5 Å². The molecule has 2 aromatic heterocycles. The SMILES string of the molecule is CCCCCCCCCCCCCCCCCCOCC(COP(O)OCC1(C#N)CCC(c2ccc3c(N)ncnn23)O1)OCc1ccc(C#N)cc1OC. The Kier molecular flexibility index (Phi) is 20.9. The first-order valence-corrected chi connectivity index (χ1v) is 21.7. The molecule has 0 saturated carbocycles. The quantitative estimate of drug-likeness (QED) is 0.0483. The van der Waals surface area contributed by atoms with Gasteiger partial charge in [0.05, 0.1) is 50.9 Å². The molecule has 0 spiro atoms. The third kappa shape index (κ3) is 15.2. The molecule has 1 aliphatic rings. The number of unbranched alkanes of at least 4 members (excludes halogenated alkanes) is 15. The minimum Gasteiger partial charge on any atom is -0.496 e. The Morgan fingerprint density at radius 3 is 2.27 bits per heavy atom. The fraction of sp³-hybridized carbons (Fsp3) is 0.667. The Morgan fingerprint density at radius 1 is 0.946 bits per heavy atom. The van der Waals surface area contributed by atoms with Gasteiger partial charge in [-0.2, -0.15) is 15.6 Å². The Bertz CT molecular complexity index is 1650. The highest BCUT2D eigenvalue weighted by Crippen LogP contribution is 2.43. The molecule has 1 aliphatic heterocycles. The first kappa shape index (κ1) is 45.3. The van der Waals surface area contributed by atoms with Gasteiger partial charge >= 0.3 is 8.60 Å². The standard InChI is InChI=1S/C42H63N6O7P/c1-3-4-5-6-7-8-9-10-11-12-13-14-15-16-17-18-25-51-29-36(52-28-35-20-19-34(27-43)26-40(35)50-2)30-53-56(49)54-32-42(31-44)24-23-39(55-42)37-21-22-38-41(45)46-33-47-48(37)38/h19-22,26,33,36,39,49H,3-18,23-25,28-30,32H2,1-2H3,(H2,45,46,47). The number of anilines is 1. The van der Waals surface area contributed by atoms with Gasteiger partial charge in [-0.3, -0.25) is 0 Å². The highest BCUT2D eigenvalue weighted by Gasteiger charge is 2.43. The Balaban J connectivity index is 1.15. The lowest BCUT2D eigenvalue weighted by Gasteiger charge is -2.24. The van der Waals surface area contributed by atoms with E-state index in [1.165, 1.54) is 96.2 Å². The van der Waals surface area contributed by atoms with Crippen molar-refractivity contribution >= 4 is 19.9 Å². The molecule has 14 heteroatoms. The van der Waals surface area contributed by atoms with Gasteiger partial charge in [0, 0.05) is 12.2 Å². The molecule has 4 rings (SSSR count). The number of methoxy groups -OCH3 is 1. The summed E-state index contributed by atoms with van der Waals surface area (Å²) in [4.78, 5) is 14.7. The number of nitriles is 2. The van der Waals surface area contributed by atoms with Crippen molar-refractivity contribution in [2.24, 2.45) is 0 Å². The van der Waals surface area contributed by atoms with E-state index in [9.17, 15) is 15.4 Å². The average Bonchev–Trinajstić information content (AvgIpc) is 3.86. The lowest BCUT2D eigenvalue weighted by atomic mass is 10.0. The van der Waals surface area contributed by atoms with Gasteiger partial charge in [0.15, 0.2) is 11.4 Å². The van der Waals surface area contributed by atoms with Crippen molar-refractivity contribution in [1.29, 1.82) is 10.5 Å². The predicted molar refractivity (Wildman–Crippen MR) is 216 cm³/mol. The molecule has 0 bridgehead atoms. The molecular weight excluding hydrogens is 731 g/mol. The van der Waals surface area contributed by atoms with E-state index in [2.05, 4.69) is 29.1 Å². The first-order chi connectivity index (χ1) is 27.4. The predicted octanol–water partition coefficient (Wildman–Crippen LogP) is 9.42. The van der Waals surface area contributed by atoms with Crippen LogP contribution in [0.2, 0.25) is 0 Å². The summed E-state index contributed by atoms with van der Waals surface area (Å²) in [6.07, 6.45) is 22.4. The smallest absolute Gasteiger partial charge is 0.330 e. The van der Waals surface area contributed by atoms with E-state index in [-0.39, 0.29) is 26.4 Å². The number of rotatable bonds is 30.